The molecule has 2 aromatic carbocycles. The summed E-state index contributed by atoms with van der Waals surface area (Å²) < 4.78 is 6.26. The van der Waals surface area contributed by atoms with Gasteiger partial charge in [0.15, 0.2) is 16.7 Å². The summed E-state index contributed by atoms with van der Waals surface area (Å²) in [6.07, 6.45) is 1.39. The molecule has 0 saturated carbocycles. The van der Waals surface area contributed by atoms with Gasteiger partial charge in [-0.25, -0.2) is 4.98 Å². The number of aliphatic hydroxyl groups excluding tert-OH is 1. The number of aromatic nitrogens is 1. The maximum absolute atomic E-state index is 13.4. The van der Waals surface area contributed by atoms with Crippen molar-refractivity contribution in [2.75, 3.05) is 4.90 Å². The van der Waals surface area contributed by atoms with Gasteiger partial charge in [-0.05, 0) is 59.7 Å². The number of thiazole rings is 1. The number of fused-ring (bicyclic) bond motifs is 1. The lowest BCUT2D eigenvalue weighted by Crippen LogP contribution is -2.31. The molecule has 35 heavy (non-hydrogen) atoms. The Morgan fingerprint density at radius 2 is 1.83 bits per heavy atom. The van der Waals surface area contributed by atoms with Crippen molar-refractivity contribution < 1.29 is 19.1 Å². The zero-order valence-electron chi connectivity index (χ0n) is 20.2. The fourth-order valence-electron chi connectivity index (χ4n) is 4.52. The Labute approximate surface area is 207 Å². The number of carbonyl (C=O) groups excluding carboxylic acids is 2. The maximum Gasteiger partial charge on any atom is 0.296 e. The second-order valence-electron chi connectivity index (χ2n) is 9.94. The Balaban J connectivity index is 1.68. The summed E-state index contributed by atoms with van der Waals surface area (Å²) in [5, 5.41) is 11.4. The first-order chi connectivity index (χ1) is 16.6. The highest BCUT2D eigenvalue weighted by Crippen LogP contribution is 2.45. The van der Waals surface area contributed by atoms with Crippen LogP contribution in [-0.4, -0.2) is 21.8 Å². The van der Waals surface area contributed by atoms with E-state index in [1.165, 1.54) is 28.6 Å². The van der Waals surface area contributed by atoms with Crippen LogP contribution < -0.4 is 4.90 Å². The number of aryl methyl sites for hydroxylation is 2. The second kappa shape index (κ2) is 8.20. The van der Waals surface area contributed by atoms with Crippen molar-refractivity contribution >= 4 is 38.4 Å². The highest BCUT2D eigenvalue weighted by Gasteiger charge is 2.46. The quantitative estimate of drug-likeness (QED) is 0.329. The maximum atomic E-state index is 13.4. The predicted molar refractivity (Wildman–Crippen MR) is 137 cm³/mol. The van der Waals surface area contributed by atoms with Crippen molar-refractivity contribution in [3.05, 3.63) is 94.1 Å². The minimum atomic E-state index is -0.837. The van der Waals surface area contributed by atoms with Crippen molar-refractivity contribution in [1.29, 1.82) is 0 Å². The lowest BCUT2D eigenvalue weighted by atomic mass is 9.85. The zero-order valence-corrected chi connectivity index (χ0v) is 21.1. The van der Waals surface area contributed by atoms with E-state index >= 15 is 0 Å². The third kappa shape index (κ3) is 3.86. The zero-order chi connectivity index (χ0) is 25.1. The minimum absolute atomic E-state index is 0.0133. The summed E-state index contributed by atoms with van der Waals surface area (Å²) in [7, 11) is 0. The average Bonchev–Trinajstić information content (AvgIpc) is 3.52. The Bertz CT molecular complexity index is 1490. The molecule has 1 N–H and O–H groups in total. The topological polar surface area (TPSA) is 83.6 Å². The summed E-state index contributed by atoms with van der Waals surface area (Å²) in [5.74, 6) is -1.70. The first kappa shape index (κ1) is 23.1. The fraction of sp³-hybridized carbons (Fsp3) is 0.250. The third-order valence-electron chi connectivity index (χ3n) is 6.31. The van der Waals surface area contributed by atoms with Crippen LogP contribution in [0.15, 0.2) is 70.5 Å². The number of amides is 1. The van der Waals surface area contributed by atoms with Gasteiger partial charge in [0.25, 0.3) is 5.91 Å². The molecule has 0 aliphatic carbocycles. The van der Waals surface area contributed by atoms with E-state index in [-0.39, 0.29) is 16.7 Å². The summed E-state index contributed by atoms with van der Waals surface area (Å²) >= 11 is 1.37. The molecule has 0 bridgehead atoms. The number of benzene rings is 2. The van der Waals surface area contributed by atoms with Gasteiger partial charge in [-0.15, -0.1) is 0 Å². The molecule has 1 unspecified atom stereocenters. The minimum Gasteiger partial charge on any atom is -0.503 e. The van der Waals surface area contributed by atoms with Gasteiger partial charge >= 0.3 is 0 Å². The van der Waals surface area contributed by atoms with Crippen LogP contribution >= 0.6 is 11.3 Å². The highest BCUT2D eigenvalue weighted by molar-refractivity contribution is 7.22. The van der Waals surface area contributed by atoms with E-state index in [0.717, 1.165) is 26.9 Å². The van der Waals surface area contributed by atoms with Crippen LogP contribution in [0.5, 0.6) is 0 Å². The van der Waals surface area contributed by atoms with Crippen molar-refractivity contribution in [2.24, 2.45) is 0 Å². The number of aliphatic hydroxyl groups is 1. The van der Waals surface area contributed by atoms with Crippen LogP contribution in [-0.2, 0) is 10.2 Å². The molecule has 1 atom stereocenters. The largest absolute Gasteiger partial charge is 0.503 e. The molecule has 0 saturated heterocycles. The number of rotatable bonds is 4. The van der Waals surface area contributed by atoms with Crippen LogP contribution in [0.1, 0.15) is 59.6 Å². The number of furan rings is 1. The van der Waals surface area contributed by atoms with Crippen molar-refractivity contribution in [3.63, 3.8) is 0 Å². The van der Waals surface area contributed by atoms with Crippen LogP contribution in [0.2, 0.25) is 0 Å². The fourth-order valence-corrected chi connectivity index (χ4v) is 5.69. The van der Waals surface area contributed by atoms with Gasteiger partial charge in [0.2, 0.25) is 5.78 Å². The Morgan fingerprint density at radius 1 is 1.11 bits per heavy atom. The predicted octanol–water partition coefficient (Wildman–Crippen LogP) is 6.59. The smallest absolute Gasteiger partial charge is 0.296 e. The van der Waals surface area contributed by atoms with E-state index in [9.17, 15) is 14.7 Å². The highest BCUT2D eigenvalue weighted by atomic mass is 32.1. The van der Waals surface area contributed by atoms with E-state index in [0.29, 0.717) is 10.7 Å². The Hall–Kier alpha value is -3.71. The Kier molecular flexibility index (Phi) is 5.40. The van der Waals surface area contributed by atoms with Gasteiger partial charge in [-0.1, -0.05) is 62.4 Å². The van der Waals surface area contributed by atoms with Crippen LogP contribution in [0.25, 0.3) is 10.2 Å². The lowest BCUT2D eigenvalue weighted by Gasteiger charge is -2.25. The van der Waals surface area contributed by atoms with Gasteiger partial charge in [-0.2, -0.15) is 0 Å². The van der Waals surface area contributed by atoms with E-state index in [2.05, 4.69) is 20.8 Å². The number of ketones is 1. The van der Waals surface area contributed by atoms with Gasteiger partial charge in [0.1, 0.15) is 0 Å². The molecule has 1 amide bonds. The van der Waals surface area contributed by atoms with Gasteiger partial charge in [0.05, 0.1) is 28.1 Å². The van der Waals surface area contributed by atoms with Crippen molar-refractivity contribution in [3.8, 4) is 0 Å². The van der Waals surface area contributed by atoms with E-state index < -0.39 is 23.5 Å². The molecule has 0 fully saturated rings. The van der Waals surface area contributed by atoms with Gasteiger partial charge in [0, 0.05) is 0 Å². The molecular formula is C28H26N2O4S. The van der Waals surface area contributed by atoms with E-state index in [1.807, 2.05) is 50.2 Å². The molecule has 3 heterocycles. The number of carbonyl (C=O) groups is 2. The van der Waals surface area contributed by atoms with Crippen LogP contribution in [0.3, 0.4) is 0 Å². The molecule has 178 valence electrons. The first-order valence-electron chi connectivity index (χ1n) is 11.4. The molecular weight excluding hydrogens is 460 g/mol. The standard InChI is InChI=1S/C28H26N2O4S/c1-15-13-16(2)22-20(14-15)35-27(29-22)30-23(17-8-10-18(11-9-17)28(3,4)5)21(25(32)26(30)33)24(31)19-7-6-12-34-19/h6-14,23,32H,1-5H3. The van der Waals surface area contributed by atoms with Gasteiger partial charge < -0.3 is 9.52 Å². The third-order valence-corrected chi connectivity index (χ3v) is 7.32. The number of hydrogen-bond acceptors (Lipinski definition) is 6. The van der Waals surface area contributed by atoms with Gasteiger partial charge in [-0.3, -0.25) is 14.5 Å². The summed E-state index contributed by atoms with van der Waals surface area (Å²) in [6, 6.07) is 14.2. The van der Waals surface area contributed by atoms with Crippen molar-refractivity contribution in [1.82, 2.24) is 4.98 Å². The molecule has 1 aliphatic heterocycles. The van der Waals surface area contributed by atoms with Crippen LogP contribution in [0, 0.1) is 13.8 Å². The molecule has 0 radical (unpaired) electrons. The number of anilines is 1. The molecule has 6 nitrogen and oxygen atoms in total. The number of Topliss-reactive ketones (excluding diaryl/α,β-unsaturated/α-hetero) is 1. The van der Waals surface area contributed by atoms with E-state index in [4.69, 9.17) is 9.40 Å². The Morgan fingerprint density at radius 3 is 2.46 bits per heavy atom. The molecule has 0 spiro atoms. The summed E-state index contributed by atoms with van der Waals surface area (Å²) in [5.41, 5.74) is 4.66. The monoisotopic (exact) mass is 486 g/mol. The molecule has 7 heteroatoms. The lowest BCUT2D eigenvalue weighted by molar-refractivity contribution is -0.117. The second-order valence-corrected chi connectivity index (χ2v) is 11.0. The van der Waals surface area contributed by atoms with Crippen molar-refractivity contribution in [2.45, 2.75) is 46.1 Å². The molecule has 5 rings (SSSR count). The molecule has 1 aliphatic rings. The summed E-state index contributed by atoms with van der Waals surface area (Å²) in [4.78, 5) is 33.0. The summed E-state index contributed by atoms with van der Waals surface area (Å²) in [6.45, 7) is 10.4. The SMILES string of the molecule is Cc1cc(C)c2nc(N3C(=O)C(O)=C(C(=O)c4ccco4)C3c3ccc(C(C)(C)C)cc3)sc2c1. The number of hydrogen-bond donors (Lipinski definition) is 1. The average molecular weight is 487 g/mol. The molecule has 2 aromatic heterocycles. The normalized spacial score (nSPS) is 16.5. The van der Waals surface area contributed by atoms with E-state index in [1.54, 1.807) is 6.07 Å². The number of nitrogens with zero attached hydrogens (tertiary/aromatic N) is 2. The molecule has 4 aromatic rings. The first-order valence-corrected chi connectivity index (χ1v) is 12.2. The van der Waals surface area contributed by atoms with Crippen LogP contribution in [0.4, 0.5) is 5.13 Å².